The van der Waals surface area contributed by atoms with Crippen LogP contribution in [0.1, 0.15) is 40.9 Å². The number of hydrogen-bond acceptors (Lipinski definition) is 4. The van der Waals surface area contributed by atoms with Crippen LogP contribution in [0.4, 0.5) is 0 Å². The van der Waals surface area contributed by atoms with Gasteiger partial charge < -0.3 is 15.6 Å². The summed E-state index contributed by atoms with van der Waals surface area (Å²) in [4.78, 5) is 37.8. The molecule has 8 nitrogen and oxygen atoms in total. The number of aryl methyl sites for hydroxylation is 1. The minimum Gasteiger partial charge on any atom is -0.356 e. The number of hydrogen-bond donors (Lipinski definition) is 4. The van der Waals surface area contributed by atoms with Gasteiger partial charge in [-0.05, 0) is 43.2 Å². The molecule has 138 valence electrons. The molecule has 2 aromatic heterocycles. The zero-order valence-electron chi connectivity index (χ0n) is 14.7. The highest BCUT2D eigenvalue weighted by Gasteiger charge is 2.27. The molecule has 0 spiro atoms. The number of rotatable bonds is 6. The Hall–Kier alpha value is -2.90. The summed E-state index contributed by atoms with van der Waals surface area (Å²) in [6.45, 7) is 2.44. The number of carbonyl (C=O) groups is 2. The molecule has 1 aliphatic rings. The van der Waals surface area contributed by atoms with E-state index >= 15 is 0 Å². The van der Waals surface area contributed by atoms with Gasteiger partial charge in [-0.2, -0.15) is 5.10 Å². The zero-order chi connectivity index (χ0) is 18.5. The SMILES string of the molecule is Cc1cn[nH]c1C(=O)NC1CCC(CNC(=O)Cc2ccc(=O)[nH]c2)C1. The largest absolute Gasteiger partial charge is 0.356 e. The summed E-state index contributed by atoms with van der Waals surface area (Å²) in [5, 5.41) is 12.5. The molecular weight excluding hydrogens is 334 g/mol. The van der Waals surface area contributed by atoms with Crippen molar-refractivity contribution in [2.24, 2.45) is 5.92 Å². The lowest BCUT2D eigenvalue weighted by atomic mass is 10.1. The zero-order valence-corrected chi connectivity index (χ0v) is 14.7. The molecule has 3 rings (SSSR count). The van der Waals surface area contributed by atoms with Crippen LogP contribution in [0.2, 0.25) is 0 Å². The standard InChI is InChI=1S/C18H23N5O3/c1-11-8-21-23-17(11)18(26)22-14-4-2-12(6-14)9-20-16(25)7-13-3-5-15(24)19-10-13/h3,5,8,10,12,14H,2,4,6-7,9H2,1H3,(H,19,24)(H,20,25)(H,21,23)(H,22,26). The second-order valence-electron chi connectivity index (χ2n) is 6.82. The number of nitrogens with zero attached hydrogens (tertiary/aromatic N) is 1. The van der Waals surface area contributed by atoms with Gasteiger partial charge in [0, 0.05) is 24.8 Å². The second kappa shape index (κ2) is 7.99. The van der Waals surface area contributed by atoms with Crippen LogP contribution in [0.5, 0.6) is 0 Å². The van der Waals surface area contributed by atoms with Crippen molar-refractivity contribution in [2.45, 2.75) is 38.6 Å². The lowest BCUT2D eigenvalue weighted by molar-refractivity contribution is -0.120. The van der Waals surface area contributed by atoms with Crippen LogP contribution in [-0.4, -0.2) is 39.6 Å². The molecule has 1 saturated carbocycles. The Morgan fingerprint density at radius 3 is 2.85 bits per heavy atom. The molecule has 4 N–H and O–H groups in total. The topological polar surface area (TPSA) is 120 Å². The van der Waals surface area contributed by atoms with Crippen molar-refractivity contribution >= 4 is 11.8 Å². The summed E-state index contributed by atoms with van der Waals surface area (Å²) in [5.74, 6) is 0.146. The van der Waals surface area contributed by atoms with E-state index in [1.807, 2.05) is 6.92 Å². The Morgan fingerprint density at radius 2 is 2.15 bits per heavy atom. The number of amides is 2. The van der Waals surface area contributed by atoms with Crippen LogP contribution in [0.3, 0.4) is 0 Å². The van der Waals surface area contributed by atoms with E-state index in [-0.39, 0.29) is 29.8 Å². The van der Waals surface area contributed by atoms with Gasteiger partial charge in [0.2, 0.25) is 11.5 Å². The van der Waals surface area contributed by atoms with E-state index in [4.69, 9.17) is 0 Å². The molecule has 26 heavy (non-hydrogen) atoms. The smallest absolute Gasteiger partial charge is 0.269 e. The first kappa shape index (κ1) is 17.9. The molecular formula is C18H23N5O3. The van der Waals surface area contributed by atoms with Crippen molar-refractivity contribution in [1.82, 2.24) is 25.8 Å². The van der Waals surface area contributed by atoms with E-state index in [1.165, 1.54) is 6.07 Å². The maximum atomic E-state index is 12.2. The third-order valence-electron chi connectivity index (χ3n) is 4.73. The minimum absolute atomic E-state index is 0.0716. The van der Waals surface area contributed by atoms with Gasteiger partial charge in [0.25, 0.3) is 5.91 Å². The van der Waals surface area contributed by atoms with Gasteiger partial charge in [0.15, 0.2) is 0 Å². The number of nitrogens with one attached hydrogen (secondary N) is 4. The van der Waals surface area contributed by atoms with Gasteiger partial charge in [-0.25, -0.2) is 0 Å². The van der Waals surface area contributed by atoms with Crippen molar-refractivity contribution in [1.29, 1.82) is 0 Å². The second-order valence-corrected chi connectivity index (χ2v) is 6.82. The number of aromatic amines is 2. The molecule has 2 atom stereocenters. The molecule has 2 aromatic rings. The van der Waals surface area contributed by atoms with Gasteiger partial charge in [0.05, 0.1) is 12.6 Å². The van der Waals surface area contributed by atoms with E-state index in [0.717, 1.165) is 30.4 Å². The molecule has 2 unspecified atom stereocenters. The Morgan fingerprint density at radius 1 is 1.31 bits per heavy atom. The van der Waals surface area contributed by atoms with Crippen molar-refractivity contribution < 1.29 is 9.59 Å². The fraction of sp³-hybridized carbons (Fsp3) is 0.444. The van der Waals surface area contributed by atoms with E-state index in [9.17, 15) is 14.4 Å². The molecule has 0 saturated heterocycles. The fourth-order valence-corrected chi connectivity index (χ4v) is 3.28. The molecule has 1 fully saturated rings. The summed E-state index contributed by atoms with van der Waals surface area (Å²) < 4.78 is 0. The first-order valence-corrected chi connectivity index (χ1v) is 8.76. The highest BCUT2D eigenvalue weighted by molar-refractivity contribution is 5.93. The van der Waals surface area contributed by atoms with Crippen LogP contribution in [-0.2, 0) is 11.2 Å². The van der Waals surface area contributed by atoms with Gasteiger partial charge >= 0.3 is 0 Å². The quantitative estimate of drug-likeness (QED) is 0.607. The van der Waals surface area contributed by atoms with E-state index in [2.05, 4.69) is 25.8 Å². The first-order chi connectivity index (χ1) is 12.5. The Bertz CT molecular complexity index is 821. The monoisotopic (exact) mass is 357 g/mol. The van der Waals surface area contributed by atoms with E-state index in [1.54, 1.807) is 18.5 Å². The highest BCUT2D eigenvalue weighted by Crippen LogP contribution is 2.25. The molecule has 8 heteroatoms. The predicted molar refractivity (Wildman–Crippen MR) is 95.7 cm³/mol. The average molecular weight is 357 g/mol. The van der Waals surface area contributed by atoms with Crippen molar-refractivity contribution in [3.63, 3.8) is 0 Å². The van der Waals surface area contributed by atoms with Gasteiger partial charge in [-0.15, -0.1) is 0 Å². The van der Waals surface area contributed by atoms with Crippen LogP contribution in [0.15, 0.2) is 29.3 Å². The summed E-state index contributed by atoms with van der Waals surface area (Å²) in [5.41, 5.74) is 1.92. The molecule has 0 radical (unpaired) electrons. The minimum atomic E-state index is -0.182. The van der Waals surface area contributed by atoms with E-state index in [0.29, 0.717) is 18.2 Å². The van der Waals surface area contributed by atoms with Gasteiger partial charge in [-0.1, -0.05) is 6.07 Å². The van der Waals surface area contributed by atoms with Crippen molar-refractivity contribution in [3.8, 4) is 0 Å². The Labute approximate surface area is 150 Å². The lowest BCUT2D eigenvalue weighted by Gasteiger charge is -2.14. The Kier molecular flexibility index (Phi) is 5.50. The summed E-state index contributed by atoms with van der Waals surface area (Å²) in [6, 6.07) is 3.18. The average Bonchev–Trinajstić information content (AvgIpc) is 3.24. The van der Waals surface area contributed by atoms with Crippen LogP contribution < -0.4 is 16.2 Å². The van der Waals surface area contributed by atoms with E-state index < -0.39 is 0 Å². The van der Waals surface area contributed by atoms with Crippen LogP contribution in [0, 0.1) is 12.8 Å². The molecule has 0 aromatic carbocycles. The lowest BCUT2D eigenvalue weighted by Crippen LogP contribution is -2.35. The van der Waals surface area contributed by atoms with Gasteiger partial charge in [-0.3, -0.25) is 19.5 Å². The normalized spacial score (nSPS) is 19.3. The molecule has 0 aliphatic heterocycles. The molecule has 1 aliphatic carbocycles. The third-order valence-corrected chi connectivity index (χ3v) is 4.73. The first-order valence-electron chi connectivity index (χ1n) is 8.76. The summed E-state index contributed by atoms with van der Waals surface area (Å²) in [7, 11) is 0. The van der Waals surface area contributed by atoms with Crippen LogP contribution >= 0.6 is 0 Å². The third kappa shape index (κ3) is 4.59. The fourth-order valence-electron chi connectivity index (χ4n) is 3.28. The number of carbonyl (C=O) groups excluding carboxylic acids is 2. The van der Waals surface area contributed by atoms with Crippen molar-refractivity contribution in [2.75, 3.05) is 6.54 Å². The number of pyridine rings is 1. The molecule has 0 bridgehead atoms. The maximum Gasteiger partial charge on any atom is 0.269 e. The molecule has 2 heterocycles. The Balaban J connectivity index is 1.41. The van der Waals surface area contributed by atoms with Crippen molar-refractivity contribution in [3.05, 3.63) is 51.7 Å². The summed E-state index contributed by atoms with van der Waals surface area (Å²) in [6.07, 6.45) is 6.14. The number of H-pyrrole nitrogens is 2. The molecule has 2 amide bonds. The number of aromatic nitrogens is 3. The van der Waals surface area contributed by atoms with Gasteiger partial charge in [0.1, 0.15) is 5.69 Å². The van der Waals surface area contributed by atoms with Crippen LogP contribution in [0.25, 0.3) is 0 Å². The predicted octanol–water partition coefficient (Wildman–Crippen LogP) is 0.664. The maximum absolute atomic E-state index is 12.2. The summed E-state index contributed by atoms with van der Waals surface area (Å²) >= 11 is 0. The highest BCUT2D eigenvalue weighted by atomic mass is 16.2.